The SMILES string of the molecule is CCC(C)(CC)n1cc(-c2ccnc(N(CC34CCC(c5ccc(OC)c(C)c5)(CC3)CC4)C(=O)C3CCC(O)CC3)c2)cn1. The molecule has 2 bridgehead atoms. The number of carbonyl (C=O) groups is 1. The number of hydrogen-bond acceptors (Lipinski definition) is 5. The third kappa shape index (κ3) is 6.05. The van der Waals surface area contributed by atoms with Gasteiger partial charge in [0.2, 0.25) is 5.91 Å². The number of aliphatic hydroxyl groups excluding tert-OH is 1. The molecule has 7 rings (SSSR count). The number of benzene rings is 1. The van der Waals surface area contributed by atoms with Crippen molar-refractivity contribution in [2.45, 2.75) is 122 Å². The van der Waals surface area contributed by atoms with Crippen molar-refractivity contribution in [3.05, 3.63) is 60.0 Å². The first-order valence-corrected chi connectivity index (χ1v) is 17.3. The number of methoxy groups -OCH3 is 1. The lowest BCUT2D eigenvalue weighted by Crippen LogP contribution is -2.52. The van der Waals surface area contributed by atoms with Gasteiger partial charge in [-0.1, -0.05) is 26.0 Å². The van der Waals surface area contributed by atoms with Crippen LogP contribution in [-0.4, -0.2) is 45.5 Å². The highest BCUT2D eigenvalue weighted by Crippen LogP contribution is 2.58. The van der Waals surface area contributed by atoms with Crippen molar-refractivity contribution in [1.82, 2.24) is 14.8 Å². The normalized spacial score (nSPS) is 26.5. The largest absolute Gasteiger partial charge is 0.496 e. The molecule has 45 heavy (non-hydrogen) atoms. The lowest BCUT2D eigenvalue weighted by Gasteiger charge is -2.55. The van der Waals surface area contributed by atoms with Gasteiger partial charge in [0.15, 0.2) is 0 Å². The van der Waals surface area contributed by atoms with Gasteiger partial charge in [-0.15, -0.1) is 0 Å². The molecule has 0 spiro atoms. The Morgan fingerprint density at radius 1 is 1.02 bits per heavy atom. The topological polar surface area (TPSA) is 80.5 Å². The summed E-state index contributed by atoms with van der Waals surface area (Å²) in [7, 11) is 1.74. The summed E-state index contributed by atoms with van der Waals surface area (Å²) in [5, 5.41) is 14.9. The number of pyridine rings is 1. The smallest absolute Gasteiger partial charge is 0.231 e. The molecular formula is C38H52N4O3. The highest BCUT2D eigenvalue weighted by molar-refractivity contribution is 5.95. The Kier molecular flexibility index (Phi) is 8.86. The molecule has 0 aliphatic heterocycles. The molecule has 1 amide bonds. The van der Waals surface area contributed by atoms with E-state index in [1.807, 2.05) is 23.4 Å². The van der Waals surface area contributed by atoms with Gasteiger partial charge >= 0.3 is 0 Å². The van der Waals surface area contributed by atoms with E-state index in [9.17, 15) is 9.90 Å². The molecule has 4 aliphatic rings. The molecule has 7 nitrogen and oxygen atoms in total. The van der Waals surface area contributed by atoms with Crippen LogP contribution in [0.25, 0.3) is 11.1 Å². The minimum Gasteiger partial charge on any atom is -0.496 e. The maximum Gasteiger partial charge on any atom is 0.231 e. The number of aliphatic hydroxyl groups is 1. The average molecular weight is 613 g/mol. The van der Waals surface area contributed by atoms with Crippen LogP contribution in [0.1, 0.15) is 109 Å². The van der Waals surface area contributed by atoms with Gasteiger partial charge in [0, 0.05) is 30.4 Å². The first-order chi connectivity index (χ1) is 21.6. The highest BCUT2D eigenvalue weighted by Gasteiger charge is 2.50. The zero-order chi connectivity index (χ0) is 31.8. The van der Waals surface area contributed by atoms with Crippen LogP contribution in [0.4, 0.5) is 5.82 Å². The molecule has 1 aromatic carbocycles. The number of amides is 1. The molecular weight excluding hydrogens is 560 g/mol. The van der Waals surface area contributed by atoms with Crippen molar-refractivity contribution in [1.29, 1.82) is 0 Å². The molecule has 0 unspecified atom stereocenters. The van der Waals surface area contributed by atoms with E-state index >= 15 is 0 Å². The molecule has 242 valence electrons. The Labute approximate surface area is 269 Å². The summed E-state index contributed by atoms with van der Waals surface area (Å²) in [6.07, 6.45) is 17.3. The van der Waals surface area contributed by atoms with Gasteiger partial charge in [0.1, 0.15) is 11.6 Å². The summed E-state index contributed by atoms with van der Waals surface area (Å²) in [6, 6.07) is 10.9. The molecule has 2 heterocycles. The van der Waals surface area contributed by atoms with Crippen LogP contribution < -0.4 is 9.64 Å². The van der Waals surface area contributed by atoms with E-state index in [-0.39, 0.29) is 34.3 Å². The van der Waals surface area contributed by atoms with Crippen molar-refractivity contribution in [2.24, 2.45) is 11.3 Å². The Hall–Kier alpha value is -3.19. The van der Waals surface area contributed by atoms with Crippen LogP contribution >= 0.6 is 0 Å². The number of ether oxygens (including phenoxy) is 1. The minimum atomic E-state index is -0.289. The maximum atomic E-state index is 14.4. The summed E-state index contributed by atoms with van der Waals surface area (Å²) in [6.45, 7) is 9.52. The second-order valence-electron chi connectivity index (χ2n) is 14.7. The van der Waals surface area contributed by atoms with Gasteiger partial charge in [0.05, 0.1) is 24.9 Å². The van der Waals surface area contributed by atoms with E-state index in [1.54, 1.807) is 7.11 Å². The van der Waals surface area contributed by atoms with Crippen LogP contribution in [0.2, 0.25) is 0 Å². The van der Waals surface area contributed by atoms with Crippen molar-refractivity contribution in [3.63, 3.8) is 0 Å². The van der Waals surface area contributed by atoms with Crippen LogP contribution in [0.3, 0.4) is 0 Å². The molecule has 0 radical (unpaired) electrons. The number of aromatic nitrogens is 3. The summed E-state index contributed by atoms with van der Waals surface area (Å²) >= 11 is 0. The fraction of sp³-hybridized carbons (Fsp3) is 0.605. The summed E-state index contributed by atoms with van der Waals surface area (Å²) in [5.74, 6) is 1.80. The minimum absolute atomic E-state index is 0.0253. The summed E-state index contributed by atoms with van der Waals surface area (Å²) in [4.78, 5) is 21.2. The molecule has 4 aliphatic carbocycles. The van der Waals surface area contributed by atoms with E-state index in [1.165, 1.54) is 11.1 Å². The maximum absolute atomic E-state index is 14.4. The van der Waals surface area contributed by atoms with Gasteiger partial charge in [-0.05, 0) is 137 Å². The first-order valence-electron chi connectivity index (χ1n) is 17.3. The zero-order valence-electron chi connectivity index (χ0n) is 28.0. The Balaban J connectivity index is 1.27. The number of hydrogen-bond donors (Lipinski definition) is 1. The van der Waals surface area contributed by atoms with E-state index < -0.39 is 0 Å². The molecule has 4 saturated carbocycles. The number of nitrogens with zero attached hydrogens (tertiary/aromatic N) is 4. The Morgan fingerprint density at radius 2 is 1.71 bits per heavy atom. The number of carbonyl (C=O) groups excluding carboxylic acids is 1. The lowest BCUT2D eigenvalue weighted by molar-refractivity contribution is -0.124. The third-order valence-corrected chi connectivity index (χ3v) is 12.2. The summed E-state index contributed by atoms with van der Waals surface area (Å²) < 4.78 is 7.64. The third-order valence-electron chi connectivity index (χ3n) is 12.2. The highest BCUT2D eigenvalue weighted by atomic mass is 16.5. The first kappa shape index (κ1) is 31.8. The predicted molar refractivity (Wildman–Crippen MR) is 180 cm³/mol. The van der Waals surface area contributed by atoms with Crippen molar-refractivity contribution < 1.29 is 14.6 Å². The Bertz CT molecular complexity index is 1480. The number of fused-ring (bicyclic) bond motifs is 3. The fourth-order valence-electron chi connectivity index (χ4n) is 8.38. The average Bonchev–Trinajstić information content (AvgIpc) is 3.59. The van der Waals surface area contributed by atoms with Gasteiger partial charge < -0.3 is 9.84 Å². The van der Waals surface area contributed by atoms with Crippen LogP contribution in [-0.2, 0) is 15.7 Å². The quantitative estimate of drug-likeness (QED) is 0.251. The van der Waals surface area contributed by atoms with Crippen molar-refractivity contribution >= 4 is 11.7 Å². The molecule has 1 N–H and O–H groups in total. The molecule has 0 atom stereocenters. The molecule has 7 heteroatoms. The standard InChI is InChI=1S/C38H52N4O3/c1-6-36(4,7-2)42-25-30(24-40-42)29-14-21-39-34(23-29)41(35(44)28-8-11-32(43)12-9-28)26-37-15-18-38(19-16-37,20-17-37)31-10-13-33(45-5)27(3)22-31/h10,13-14,21-25,28,32,43H,6-9,11-12,15-20,26H2,1-5H3. The van der Waals surface area contributed by atoms with Crippen LogP contribution in [0, 0.1) is 18.3 Å². The van der Waals surface area contributed by atoms with E-state index in [4.69, 9.17) is 14.8 Å². The van der Waals surface area contributed by atoms with Crippen LogP contribution in [0.5, 0.6) is 5.75 Å². The number of anilines is 1. The van der Waals surface area contributed by atoms with Crippen LogP contribution in [0.15, 0.2) is 48.9 Å². The lowest BCUT2D eigenvalue weighted by atomic mass is 9.51. The van der Waals surface area contributed by atoms with Gasteiger partial charge in [-0.3, -0.25) is 14.4 Å². The second-order valence-corrected chi connectivity index (χ2v) is 14.7. The van der Waals surface area contributed by atoms with Crippen molar-refractivity contribution in [3.8, 4) is 16.9 Å². The molecule has 3 aromatic rings. The van der Waals surface area contributed by atoms with Gasteiger partial charge in [0.25, 0.3) is 0 Å². The fourth-order valence-corrected chi connectivity index (χ4v) is 8.38. The molecule has 0 saturated heterocycles. The molecule has 2 aromatic heterocycles. The van der Waals surface area contributed by atoms with E-state index in [0.29, 0.717) is 19.4 Å². The van der Waals surface area contributed by atoms with E-state index in [2.05, 4.69) is 62.8 Å². The van der Waals surface area contributed by atoms with Gasteiger partial charge in [-0.2, -0.15) is 5.10 Å². The molecule has 4 fully saturated rings. The summed E-state index contributed by atoms with van der Waals surface area (Å²) in [5.41, 5.74) is 5.02. The second kappa shape index (κ2) is 12.5. The van der Waals surface area contributed by atoms with Gasteiger partial charge in [-0.25, -0.2) is 4.98 Å². The number of rotatable bonds is 10. The zero-order valence-corrected chi connectivity index (χ0v) is 28.0. The Morgan fingerprint density at radius 3 is 2.33 bits per heavy atom. The van der Waals surface area contributed by atoms with E-state index in [0.717, 1.165) is 86.9 Å². The van der Waals surface area contributed by atoms with Crippen molar-refractivity contribution in [2.75, 3.05) is 18.6 Å². The predicted octanol–water partition coefficient (Wildman–Crippen LogP) is 7.97. The number of aryl methyl sites for hydroxylation is 1. The monoisotopic (exact) mass is 612 g/mol.